The summed E-state index contributed by atoms with van der Waals surface area (Å²) in [5.41, 5.74) is 0.323. The van der Waals surface area contributed by atoms with Gasteiger partial charge in [0.15, 0.2) is 0 Å². The average molecular weight is 431 g/mol. The van der Waals surface area contributed by atoms with Crippen molar-refractivity contribution in [2.24, 2.45) is 0 Å². The van der Waals surface area contributed by atoms with Crippen LogP contribution < -0.4 is 0 Å². The van der Waals surface area contributed by atoms with Gasteiger partial charge in [0.05, 0.1) is 21.6 Å². The number of Topliss-reactive ketones (excluding diaryl/α,β-unsaturated/α-hetero) is 1. The molecule has 0 bridgehead atoms. The average Bonchev–Trinajstić information content (AvgIpc) is 2.98. The molecule has 3 rings (SSSR count). The second kappa shape index (κ2) is 8.54. The van der Waals surface area contributed by atoms with E-state index >= 15 is 0 Å². The highest BCUT2D eigenvalue weighted by Gasteiger charge is 2.45. The van der Waals surface area contributed by atoms with Crippen LogP contribution in [-0.2, 0) is 9.59 Å². The highest BCUT2D eigenvalue weighted by atomic mass is 35.5. The minimum absolute atomic E-state index is 0.0453. The number of hydrogen-bond donors (Lipinski definition) is 2. The number of benzene rings is 2. The van der Waals surface area contributed by atoms with Gasteiger partial charge >= 0.3 is 0 Å². The summed E-state index contributed by atoms with van der Waals surface area (Å²) in [6.07, 6.45) is 1.43. The van der Waals surface area contributed by atoms with Gasteiger partial charge in [-0.15, -0.1) is 0 Å². The van der Waals surface area contributed by atoms with Gasteiger partial charge in [-0.3, -0.25) is 19.7 Å². The highest BCUT2D eigenvalue weighted by molar-refractivity contribution is 6.46. The van der Waals surface area contributed by atoms with Crippen molar-refractivity contribution < 1.29 is 24.7 Å². The molecule has 2 aromatic rings. The van der Waals surface area contributed by atoms with Crippen molar-refractivity contribution in [3.63, 3.8) is 0 Å². The molecule has 1 saturated heterocycles. The minimum atomic E-state index is -0.898. The summed E-state index contributed by atoms with van der Waals surface area (Å²) in [7, 11) is 0. The van der Waals surface area contributed by atoms with Gasteiger partial charge in [-0.1, -0.05) is 31.0 Å². The van der Waals surface area contributed by atoms with E-state index in [2.05, 4.69) is 0 Å². The number of nitro benzene ring substituents is 1. The zero-order valence-corrected chi connectivity index (χ0v) is 16.8. The first-order valence-electron chi connectivity index (χ1n) is 9.28. The number of carbonyl (C=O) groups excluding carboxylic acids is 2. The van der Waals surface area contributed by atoms with E-state index in [9.17, 15) is 29.9 Å². The van der Waals surface area contributed by atoms with Crippen LogP contribution in [0.3, 0.4) is 0 Å². The van der Waals surface area contributed by atoms with Gasteiger partial charge in [-0.2, -0.15) is 0 Å². The van der Waals surface area contributed by atoms with Crippen LogP contribution in [0.15, 0.2) is 48.0 Å². The van der Waals surface area contributed by atoms with Crippen LogP contribution in [-0.4, -0.2) is 38.3 Å². The topological polar surface area (TPSA) is 121 Å². The molecule has 1 aliphatic rings. The van der Waals surface area contributed by atoms with E-state index in [1.807, 2.05) is 6.92 Å². The SMILES string of the molecule is CCCCN1C(=O)C(=O)/C(=C(\O)c2ccc([N+](=O)[O-])cc2)C1c1ccc(O)c(Cl)c1. The molecule has 2 aromatic carbocycles. The number of aliphatic hydroxyl groups excluding tert-OH is 1. The molecule has 1 atom stereocenters. The molecular formula is C21H19ClN2O6. The Morgan fingerprint density at radius 3 is 2.43 bits per heavy atom. The molecule has 9 heteroatoms. The molecule has 0 saturated carbocycles. The van der Waals surface area contributed by atoms with Crippen molar-refractivity contribution in [3.05, 3.63) is 74.3 Å². The van der Waals surface area contributed by atoms with Gasteiger partial charge in [0, 0.05) is 24.2 Å². The van der Waals surface area contributed by atoms with Crippen LogP contribution in [0.2, 0.25) is 5.02 Å². The van der Waals surface area contributed by atoms with E-state index in [4.69, 9.17) is 11.6 Å². The number of nitro groups is 1. The summed E-state index contributed by atoms with van der Waals surface area (Å²) < 4.78 is 0. The molecule has 2 N–H and O–H groups in total. The number of phenolic OH excluding ortho intramolecular Hbond substituents is 1. The zero-order chi connectivity index (χ0) is 22.0. The Morgan fingerprint density at radius 1 is 1.20 bits per heavy atom. The molecule has 1 heterocycles. The third-order valence-corrected chi connectivity index (χ3v) is 5.23. The summed E-state index contributed by atoms with van der Waals surface area (Å²) in [6, 6.07) is 8.45. The molecule has 0 aromatic heterocycles. The number of aliphatic hydroxyl groups is 1. The summed E-state index contributed by atoms with van der Waals surface area (Å²) in [6.45, 7) is 2.24. The van der Waals surface area contributed by atoms with Gasteiger partial charge in [-0.05, 0) is 36.2 Å². The van der Waals surface area contributed by atoms with Crippen LogP contribution in [0.4, 0.5) is 5.69 Å². The second-order valence-electron chi connectivity index (χ2n) is 6.86. The number of halogens is 1. The van der Waals surface area contributed by atoms with E-state index in [1.54, 1.807) is 0 Å². The predicted octanol–water partition coefficient (Wildman–Crippen LogP) is 4.18. The van der Waals surface area contributed by atoms with Gasteiger partial charge in [0.2, 0.25) is 0 Å². The number of hydrogen-bond acceptors (Lipinski definition) is 6. The van der Waals surface area contributed by atoms with Gasteiger partial charge in [-0.25, -0.2) is 0 Å². The first-order chi connectivity index (χ1) is 14.3. The Morgan fingerprint density at radius 2 is 1.87 bits per heavy atom. The van der Waals surface area contributed by atoms with Gasteiger partial charge in [0.25, 0.3) is 17.4 Å². The minimum Gasteiger partial charge on any atom is -0.507 e. The lowest BCUT2D eigenvalue weighted by atomic mass is 9.95. The normalized spacial score (nSPS) is 18.1. The molecule has 0 radical (unpaired) electrons. The Balaban J connectivity index is 2.16. The van der Waals surface area contributed by atoms with Crippen LogP contribution in [0.5, 0.6) is 5.75 Å². The molecule has 30 heavy (non-hydrogen) atoms. The molecule has 156 valence electrons. The number of amides is 1. The maximum atomic E-state index is 12.8. The van der Waals surface area contributed by atoms with E-state index in [1.165, 1.54) is 47.4 Å². The molecule has 0 aliphatic carbocycles. The molecule has 1 aliphatic heterocycles. The number of ketones is 1. The predicted molar refractivity (Wildman–Crippen MR) is 110 cm³/mol. The van der Waals surface area contributed by atoms with Crippen LogP contribution in [0.1, 0.15) is 36.9 Å². The van der Waals surface area contributed by atoms with E-state index in [-0.39, 0.29) is 27.6 Å². The lowest BCUT2D eigenvalue weighted by Crippen LogP contribution is -2.30. The monoisotopic (exact) mass is 430 g/mol. The molecule has 1 fully saturated rings. The number of rotatable bonds is 6. The third-order valence-electron chi connectivity index (χ3n) is 4.93. The van der Waals surface area contributed by atoms with Crippen molar-refractivity contribution in [2.45, 2.75) is 25.8 Å². The lowest BCUT2D eigenvalue weighted by molar-refractivity contribution is -0.384. The second-order valence-corrected chi connectivity index (χ2v) is 7.27. The standard InChI is InChI=1S/C21H19ClN2O6/c1-2-3-10-23-18(13-6-9-16(25)15(22)11-13)17(20(27)21(23)28)19(26)12-4-7-14(8-5-12)24(29)30/h4-9,11,18,25-26H,2-3,10H2,1H3/b19-17-. The van der Waals surface area contributed by atoms with Crippen LogP contribution in [0, 0.1) is 10.1 Å². The van der Waals surface area contributed by atoms with E-state index < -0.39 is 28.4 Å². The maximum Gasteiger partial charge on any atom is 0.295 e. The van der Waals surface area contributed by atoms with Gasteiger partial charge in [0.1, 0.15) is 11.5 Å². The molecular weight excluding hydrogens is 412 g/mol. The Kier molecular flexibility index (Phi) is 6.07. The lowest BCUT2D eigenvalue weighted by Gasteiger charge is -2.25. The summed E-state index contributed by atoms with van der Waals surface area (Å²) in [5, 5.41) is 31.5. The van der Waals surface area contributed by atoms with Crippen LogP contribution >= 0.6 is 11.6 Å². The fourth-order valence-corrected chi connectivity index (χ4v) is 3.56. The number of likely N-dealkylation sites (tertiary alicyclic amines) is 1. The number of unbranched alkanes of at least 4 members (excludes halogenated alkanes) is 1. The molecule has 1 unspecified atom stereocenters. The number of aromatic hydroxyl groups is 1. The quantitative estimate of drug-likeness (QED) is 0.233. The van der Waals surface area contributed by atoms with Crippen molar-refractivity contribution in [3.8, 4) is 5.75 Å². The third kappa shape index (κ3) is 3.86. The van der Waals surface area contributed by atoms with Crippen molar-refractivity contribution in [1.82, 2.24) is 4.90 Å². The van der Waals surface area contributed by atoms with Crippen LogP contribution in [0.25, 0.3) is 5.76 Å². The fourth-order valence-electron chi connectivity index (χ4n) is 3.38. The molecule has 8 nitrogen and oxygen atoms in total. The van der Waals surface area contributed by atoms with Crippen molar-refractivity contribution in [1.29, 1.82) is 0 Å². The Hall–Kier alpha value is -3.39. The Labute approximate surface area is 177 Å². The number of nitrogens with zero attached hydrogens (tertiary/aromatic N) is 2. The summed E-state index contributed by atoms with van der Waals surface area (Å²) >= 11 is 6.03. The fraction of sp³-hybridized carbons (Fsp3) is 0.238. The largest absolute Gasteiger partial charge is 0.507 e. The van der Waals surface area contributed by atoms with Crippen molar-refractivity contribution >= 4 is 34.7 Å². The molecule has 0 spiro atoms. The first-order valence-corrected chi connectivity index (χ1v) is 9.65. The maximum absolute atomic E-state index is 12.8. The Bertz CT molecular complexity index is 1050. The smallest absolute Gasteiger partial charge is 0.295 e. The molecule has 1 amide bonds. The zero-order valence-electron chi connectivity index (χ0n) is 16.0. The number of non-ortho nitro benzene ring substituents is 1. The summed E-state index contributed by atoms with van der Waals surface area (Å²) in [5.74, 6) is -2.19. The first kappa shape index (κ1) is 21.3. The number of phenols is 1. The number of carbonyl (C=O) groups is 2. The summed E-state index contributed by atoms with van der Waals surface area (Å²) in [4.78, 5) is 37.2. The van der Waals surface area contributed by atoms with E-state index in [0.29, 0.717) is 18.5 Å². The highest BCUT2D eigenvalue weighted by Crippen LogP contribution is 2.41. The van der Waals surface area contributed by atoms with Gasteiger partial charge < -0.3 is 15.1 Å². The van der Waals surface area contributed by atoms with Crippen molar-refractivity contribution in [2.75, 3.05) is 6.54 Å². The van der Waals surface area contributed by atoms with E-state index in [0.717, 1.165) is 6.42 Å².